The monoisotopic (exact) mass is 434 g/mol. The number of phenols is 1. The van der Waals surface area contributed by atoms with Crippen LogP contribution in [0.3, 0.4) is 0 Å². The fraction of sp³-hybridized carbons (Fsp3) is 0.125. The van der Waals surface area contributed by atoms with Crippen LogP contribution in [0.2, 0.25) is 0 Å². The van der Waals surface area contributed by atoms with Crippen molar-refractivity contribution in [1.29, 1.82) is 0 Å². The number of nitrogens with zero attached hydrogens (tertiary/aromatic N) is 1. The lowest BCUT2D eigenvalue weighted by Crippen LogP contribution is -2.29. The van der Waals surface area contributed by atoms with Gasteiger partial charge in [-0.15, -0.1) is 0 Å². The first kappa shape index (κ1) is 20.7. The highest BCUT2D eigenvalue weighted by Gasteiger charge is 2.30. The third-order valence-corrected chi connectivity index (χ3v) is 6.98. The van der Waals surface area contributed by atoms with Gasteiger partial charge in [-0.2, -0.15) is 0 Å². The zero-order chi connectivity index (χ0) is 22.0. The Balaban J connectivity index is 1.46. The molecular formula is C24H22N2O4S. The maximum atomic E-state index is 13.1. The second-order valence-electron chi connectivity index (χ2n) is 7.37. The standard InChI is InChI=1S/C24H22N2O4S/c1-17-6-12-21(23(27)16-17)25-24(28)13-9-18-7-10-20(11-8-18)31(29,30)26-15-14-19-4-2-3-5-22(19)26/h2-13,16,27H,14-15H2,1H3,(H,25,28)/b13-9+. The van der Waals surface area contributed by atoms with Crippen molar-refractivity contribution in [2.24, 2.45) is 0 Å². The van der Waals surface area contributed by atoms with Gasteiger partial charge in [0.15, 0.2) is 0 Å². The van der Waals surface area contributed by atoms with Gasteiger partial charge in [0.05, 0.1) is 16.3 Å². The third-order valence-electron chi connectivity index (χ3n) is 5.15. The molecule has 7 heteroatoms. The van der Waals surface area contributed by atoms with Crippen LogP contribution in [-0.4, -0.2) is 26.0 Å². The Morgan fingerprint density at radius 3 is 2.55 bits per heavy atom. The van der Waals surface area contributed by atoms with Crippen LogP contribution < -0.4 is 9.62 Å². The Bertz CT molecular complexity index is 1260. The third kappa shape index (κ3) is 4.32. The average Bonchev–Trinajstić information content (AvgIpc) is 3.20. The van der Waals surface area contributed by atoms with E-state index < -0.39 is 15.9 Å². The summed E-state index contributed by atoms with van der Waals surface area (Å²) in [5, 5.41) is 12.5. The highest BCUT2D eigenvalue weighted by molar-refractivity contribution is 7.92. The number of fused-ring (bicyclic) bond motifs is 1. The Morgan fingerprint density at radius 1 is 1.06 bits per heavy atom. The number of anilines is 2. The number of nitrogens with one attached hydrogen (secondary N) is 1. The normalized spacial score (nSPS) is 13.4. The predicted octanol–water partition coefficient (Wildman–Crippen LogP) is 4.10. The molecule has 3 aromatic rings. The first-order chi connectivity index (χ1) is 14.8. The van der Waals surface area contributed by atoms with E-state index in [1.54, 1.807) is 48.5 Å². The maximum absolute atomic E-state index is 13.1. The van der Waals surface area contributed by atoms with Gasteiger partial charge in [0.25, 0.3) is 10.0 Å². The number of hydrogen-bond donors (Lipinski definition) is 2. The molecule has 1 aliphatic heterocycles. The molecule has 0 aromatic heterocycles. The van der Waals surface area contributed by atoms with E-state index in [-0.39, 0.29) is 10.6 Å². The lowest BCUT2D eigenvalue weighted by atomic mass is 10.2. The van der Waals surface area contributed by atoms with Crippen LogP contribution in [0, 0.1) is 6.92 Å². The second kappa shape index (κ2) is 8.28. The number of sulfonamides is 1. The molecule has 6 nitrogen and oxygen atoms in total. The highest BCUT2D eigenvalue weighted by atomic mass is 32.2. The molecular weight excluding hydrogens is 412 g/mol. The molecule has 0 unspecified atom stereocenters. The topological polar surface area (TPSA) is 86.7 Å². The summed E-state index contributed by atoms with van der Waals surface area (Å²) in [6, 6.07) is 18.9. The summed E-state index contributed by atoms with van der Waals surface area (Å²) in [6.07, 6.45) is 3.61. The van der Waals surface area contributed by atoms with Crippen molar-refractivity contribution >= 4 is 33.4 Å². The van der Waals surface area contributed by atoms with Gasteiger partial charge >= 0.3 is 0 Å². The molecule has 1 aliphatic rings. The van der Waals surface area contributed by atoms with Crippen LogP contribution in [0.4, 0.5) is 11.4 Å². The zero-order valence-corrected chi connectivity index (χ0v) is 17.8. The van der Waals surface area contributed by atoms with Crippen molar-refractivity contribution in [3.8, 4) is 5.75 Å². The van der Waals surface area contributed by atoms with Crippen LogP contribution >= 0.6 is 0 Å². The molecule has 0 fully saturated rings. The predicted molar refractivity (Wildman–Crippen MR) is 122 cm³/mol. The first-order valence-electron chi connectivity index (χ1n) is 9.84. The fourth-order valence-electron chi connectivity index (χ4n) is 3.53. The van der Waals surface area contributed by atoms with E-state index in [2.05, 4.69) is 5.32 Å². The van der Waals surface area contributed by atoms with Gasteiger partial charge in [0.2, 0.25) is 5.91 Å². The fourth-order valence-corrected chi connectivity index (χ4v) is 5.03. The van der Waals surface area contributed by atoms with E-state index in [1.807, 2.05) is 31.2 Å². The Kier molecular flexibility index (Phi) is 5.52. The second-order valence-corrected chi connectivity index (χ2v) is 9.23. The number of benzene rings is 3. The van der Waals surface area contributed by atoms with Crippen molar-refractivity contribution in [2.75, 3.05) is 16.2 Å². The van der Waals surface area contributed by atoms with E-state index in [4.69, 9.17) is 0 Å². The van der Waals surface area contributed by atoms with E-state index in [0.717, 1.165) is 16.8 Å². The van der Waals surface area contributed by atoms with Crippen molar-refractivity contribution < 1.29 is 18.3 Å². The number of amides is 1. The highest BCUT2D eigenvalue weighted by Crippen LogP contribution is 2.32. The molecule has 3 aromatic carbocycles. The molecule has 0 spiro atoms. The van der Waals surface area contributed by atoms with Crippen LogP contribution in [0.25, 0.3) is 6.08 Å². The minimum absolute atomic E-state index is 0.000189. The summed E-state index contributed by atoms with van der Waals surface area (Å²) < 4.78 is 27.5. The molecule has 0 bridgehead atoms. The van der Waals surface area contributed by atoms with Gasteiger partial charge in [0.1, 0.15) is 5.75 Å². The van der Waals surface area contributed by atoms with Gasteiger partial charge < -0.3 is 10.4 Å². The van der Waals surface area contributed by atoms with Crippen LogP contribution in [0.5, 0.6) is 5.75 Å². The van der Waals surface area contributed by atoms with Crippen molar-refractivity contribution in [2.45, 2.75) is 18.2 Å². The minimum atomic E-state index is -3.65. The smallest absolute Gasteiger partial charge is 0.264 e. The molecule has 0 atom stereocenters. The Morgan fingerprint density at radius 2 is 1.81 bits per heavy atom. The molecule has 4 rings (SSSR count). The zero-order valence-electron chi connectivity index (χ0n) is 16.9. The van der Waals surface area contributed by atoms with Crippen molar-refractivity contribution in [3.05, 3.63) is 89.5 Å². The number of para-hydroxylation sites is 1. The lowest BCUT2D eigenvalue weighted by Gasteiger charge is -2.19. The molecule has 1 amide bonds. The van der Waals surface area contributed by atoms with E-state index in [0.29, 0.717) is 24.2 Å². The summed E-state index contributed by atoms with van der Waals surface area (Å²) in [7, 11) is -3.65. The van der Waals surface area contributed by atoms with Gasteiger partial charge in [-0.1, -0.05) is 36.4 Å². The Labute approximate surface area is 181 Å². The number of rotatable bonds is 5. The van der Waals surface area contributed by atoms with Gasteiger partial charge in [-0.05, 0) is 66.4 Å². The summed E-state index contributed by atoms with van der Waals surface area (Å²) in [4.78, 5) is 12.3. The number of aryl methyl sites for hydroxylation is 1. The average molecular weight is 435 g/mol. The molecule has 2 N–H and O–H groups in total. The minimum Gasteiger partial charge on any atom is -0.506 e. The summed E-state index contributed by atoms with van der Waals surface area (Å²) in [5.41, 5.74) is 3.65. The molecule has 1 heterocycles. The van der Waals surface area contributed by atoms with Crippen molar-refractivity contribution in [3.63, 3.8) is 0 Å². The molecule has 0 saturated carbocycles. The van der Waals surface area contributed by atoms with Crippen LogP contribution in [-0.2, 0) is 21.2 Å². The van der Waals surface area contributed by atoms with E-state index in [1.165, 1.54) is 10.4 Å². The van der Waals surface area contributed by atoms with E-state index in [9.17, 15) is 18.3 Å². The molecule has 0 aliphatic carbocycles. The molecule has 0 radical (unpaired) electrons. The number of aromatic hydroxyl groups is 1. The quantitative estimate of drug-likeness (QED) is 0.468. The van der Waals surface area contributed by atoms with Crippen molar-refractivity contribution in [1.82, 2.24) is 0 Å². The summed E-state index contributed by atoms with van der Waals surface area (Å²) >= 11 is 0. The number of carbonyl (C=O) groups is 1. The summed E-state index contributed by atoms with van der Waals surface area (Å²) in [5.74, 6) is -0.399. The summed E-state index contributed by atoms with van der Waals surface area (Å²) in [6.45, 7) is 2.27. The molecule has 158 valence electrons. The van der Waals surface area contributed by atoms with Gasteiger partial charge in [-0.25, -0.2) is 8.42 Å². The van der Waals surface area contributed by atoms with Gasteiger partial charge in [0, 0.05) is 12.6 Å². The lowest BCUT2D eigenvalue weighted by molar-refractivity contribution is -0.111. The van der Waals surface area contributed by atoms with Crippen LogP contribution in [0.15, 0.2) is 77.7 Å². The van der Waals surface area contributed by atoms with Crippen LogP contribution in [0.1, 0.15) is 16.7 Å². The number of phenolic OH excluding ortho intramolecular Hbond substituents is 1. The first-order valence-corrected chi connectivity index (χ1v) is 11.3. The van der Waals surface area contributed by atoms with Gasteiger partial charge in [-0.3, -0.25) is 9.10 Å². The Hall–Kier alpha value is -3.58. The van der Waals surface area contributed by atoms with E-state index >= 15 is 0 Å². The molecule has 31 heavy (non-hydrogen) atoms. The maximum Gasteiger partial charge on any atom is 0.264 e. The number of hydrogen-bond acceptors (Lipinski definition) is 4. The largest absolute Gasteiger partial charge is 0.506 e. The number of carbonyl (C=O) groups excluding carboxylic acids is 1. The molecule has 0 saturated heterocycles. The SMILES string of the molecule is Cc1ccc(NC(=O)/C=C/c2ccc(S(=O)(=O)N3CCc4ccccc43)cc2)c(O)c1.